The minimum atomic E-state index is -3.83. The Morgan fingerprint density at radius 2 is 2.09 bits per heavy atom. The van der Waals surface area contributed by atoms with Crippen molar-refractivity contribution in [3.8, 4) is 17.0 Å². The van der Waals surface area contributed by atoms with Crippen LogP contribution < -0.4 is 20.3 Å². The number of amides is 1. The van der Waals surface area contributed by atoms with Gasteiger partial charge in [0.05, 0.1) is 17.4 Å². The van der Waals surface area contributed by atoms with E-state index in [0.717, 1.165) is 0 Å². The Balaban J connectivity index is 1.64. The number of H-pyrrole nitrogens is 1. The Labute approximate surface area is 192 Å². The first-order chi connectivity index (χ1) is 15.7. The number of benzene rings is 1. The molecular weight excluding hydrogens is 458 g/mol. The van der Waals surface area contributed by atoms with Crippen LogP contribution in [0.5, 0.6) is 5.75 Å². The lowest BCUT2D eigenvalue weighted by molar-refractivity contribution is -0.0964. The first kappa shape index (κ1) is 22.7. The largest absolute Gasteiger partial charge is 0.487 e. The van der Waals surface area contributed by atoms with Crippen molar-refractivity contribution in [2.75, 3.05) is 35.7 Å². The number of aliphatic hydroxyl groups is 1. The number of ether oxygens (including phenoxy) is 1. The van der Waals surface area contributed by atoms with Gasteiger partial charge in [0.15, 0.2) is 0 Å². The number of nitrogens with zero attached hydrogens (tertiary/aromatic N) is 3. The maximum atomic E-state index is 13.1. The molecule has 9 nitrogen and oxygen atoms in total. The fourth-order valence-corrected chi connectivity index (χ4v) is 3.67. The molecule has 0 aliphatic carbocycles. The van der Waals surface area contributed by atoms with Crippen LogP contribution in [-0.4, -0.2) is 58.0 Å². The summed E-state index contributed by atoms with van der Waals surface area (Å²) in [4.78, 5) is 19.7. The van der Waals surface area contributed by atoms with Crippen molar-refractivity contribution in [1.29, 1.82) is 0 Å². The third-order valence-corrected chi connectivity index (χ3v) is 5.16. The second kappa shape index (κ2) is 9.20. The van der Waals surface area contributed by atoms with Gasteiger partial charge in [-0.3, -0.25) is 9.89 Å². The van der Waals surface area contributed by atoms with E-state index in [0.29, 0.717) is 48.1 Å². The van der Waals surface area contributed by atoms with Crippen LogP contribution in [0.1, 0.15) is 16.8 Å². The molecule has 1 aromatic carbocycles. The number of halogens is 3. The third kappa shape index (κ3) is 5.32. The summed E-state index contributed by atoms with van der Waals surface area (Å²) < 4.78 is 29.8. The first-order valence-electron chi connectivity index (χ1n) is 10.1. The summed E-state index contributed by atoms with van der Waals surface area (Å²) in [6.45, 7) is 1.05. The van der Waals surface area contributed by atoms with E-state index in [9.17, 15) is 18.7 Å². The van der Waals surface area contributed by atoms with Crippen molar-refractivity contribution in [2.24, 2.45) is 0 Å². The van der Waals surface area contributed by atoms with Crippen LogP contribution >= 0.6 is 11.6 Å². The van der Waals surface area contributed by atoms with Gasteiger partial charge < -0.3 is 25.4 Å². The molecule has 4 rings (SSSR count). The number of aliphatic hydroxyl groups excluding tert-OH is 1. The van der Waals surface area contributed by atoms with E-state index in [2.05, 4.69) is 30.6 Å². The summed E-state index contributed by atoms with van der Waals surface area (Å²) >= 11 is 4.77. The van der Waals surface area contributed by atoms with Crippen molar-refractivity contribution in [3.05, 3.63) is 48.2 Å². The van der Waals surface area contributed by atoms with E-state index in [4.69, 9.17) is 11.6 Å². The van der Waals surface area contributed by atoms with Gasteiger partial charge in [0.25, 0.3) is 5.91 Å². The summed E-state index contributed by atoms with van der Waals surface area (Å²) in [5.74, 6) is 0.343. The summed E-state index contributed by atoms with van der Waals surface area (Å²) in [7, 11) is 1.65. The predicted molar refractivity (Wildman–Crippen MR) is 120 cm³/mol. The molecule has 0 radical (unpaired) electrons. The Bertz CT molecular complexity index is 1120. The number of alkyl halides is 3. The van der Waals surface area contributed by atoms with Gasteiger partial charge in [0, 0.05) is 49.2 Å². The van der Waals surface area contributed by atoms with E-state index < -0.39 is 17.6 Å². The molecule has 1 atom stereocenters. The zero-order chi connectivity index (χ0) is 23.6. The van der Waals surface area contributed by atoms with E-state index in [1.165, 1.54) is 24.3 Å². The lowest BCUT2D eigenvalue weighted by Gasteiger charge is -2.22. The number of hydrogen-bond donors (Lipinski definition) is 4. The van der Waals surface area contributed by atoms with E-state index in [1.54, 1.807) is 25.4 Å². The van der Waals surface area contributed by atoms with Crippen molar-refractivity contribution in [3.63, 3.8) is 0 Å². The molecule has 3 aromatic rings. The Kier molecular flexibility index (Phi) is 6.34. The molecule has 1 fully saturated rings. The fourth-order valence-electron chi connectivity index (χ4n) is 3.58. The summed E-state index contributed by atoms with van der Waals surface area (Å²) in [6.07, 6.45) is 1.77. The van der Waals surface area contributed by atoms with Gasteiger partial charge in [-0.2, -0.15) is 5.10 Å². The van der Waals surface area contributed by atoms with Crippen molar-refractivity contribution < 1.29 is 23.4 Å². The van der Waals surface area contributed by atoms with Gasteiger partial charge in [-0.05, 0) is 42.8 Å². The van der Waals surface area contributed by atoms with E-state index in [1.807, 2.05) is 4.90 Å². The van der Waals surface area contributed by atoms with E-state index >= 15 is 0 Å². The smallest absolute Gasteiger partial charge is 0.420 e. The number of aromatic nitrogens is 3. The van der Waals surface area contributed by atoms with Crippen molar-refractivity contribution >= 4 is 34.8 Å². The molecule has 1 aliphatic rings. The molecule has 1 saturated heterocycles. The second-order valence-electron chi connectivity index (χ2n) is 7.39. The molecule has 0 saturated carbocycles. The molecule has 174 valence electrons. The monoisotopic (exact) mass is 478 g/mol. The molecule has 12 heteroatoms. The van der Waals surface area contributed by atoms with Crippen molar-refractivity contribution in [2.45, 2.75) is 18.1 Å². The van der Waals surface area contributed by atoms with E-state index in [-0.39, 0.29) is 11.3 Å². The lowest BCUT2D eigenvalue weighted by Crippen LogP contribution is -2.24. The molecule has 2 aromatic heterocycles. The average Bonchev–Trinajstić information content (AvgIpc) is 3.45. The van der Waals surface area contributed by atoms with Crippen LogP contribution in [0.25, 0.3) is 11.3 Å². The molecule has 0 spiro atoms. The molecule has 1 amide bonds. The number of carbonyl (C=O) groups is 1. The van der Waals surface area contributed by atoms with Crippen LogP contribution in [0.15, 0.2) is 42.6 Å². The van der Waals surface area contributed by atoms with Gasteiger partial charge in [-0.15, -0.1) is 8.78 Å². The first-order valence-corrected chi connectivity index (χ1v) is 10.4. The Morgan fingerprint density at radius 1 is 1.33 bits per heavy atom. The SMILES string of the molecule is CNc1nc(N2CC[C@H](O)C2)c(-c2ccn[nH]2)cc1C(=O)Nc1ccc(OC(F)(F)Cl)cc1. The minimum absolute atomic E-state index is 0.149. The number of carbonyl (C=O) groups excluding carboxylic acids is 1. The van der Waals surface area contributed by atoms with Gasteiger partial charge >= 0.3 is 5.57 Å². The Morgan fingerprint density at radius 3 is 2.67 bits per heavy atom. The van der Waals surface area contributed by atoms with Gasteiger partial charge in [-0.25, -0.2) is 4.98 Å². The number of pyridine rings is 1. The maximum absolute atomic E-state index is 13.1. The number of nitrogens with one attached hydrogen (secondary N) is 3. The highest BCUT2D eigenvalue weighted by Crippen LogP contribution is 2.34. The molecule has 0 unspecified atom stereocenters. The summed E-state index contributed by atoms with van der Waals surface area (Å²) in [6, 6.07) is 8.81. The average molecular weight is 479 g/mol. The molecule has 0 bridgehead atoms. The zero-order valence-electron chi connectivity index (χ0n) is 17.5. The number of aromatic amines is 1. The molecule has 4 N–H and O–H groups in total. The highest BCUT2D eigenvalue weighted by Gasteiger charge is 2.28. The highest BCUT2D eigenvalue weighted by atomic mass is 35.5. The molecular formula is C21H21ClF2N6O3. The second-order valence-corrected chi connectivity index (χ2v) is 7.83. The van der Waals surface area contributed by atoms with Gasteiger partial charge in [0.1, 0.15) is 17.4 Å². The normalized spacial score (nSPS) is 16.0. The topological polar surface area (TPSA) is 115 Å². The molecule has 33 heavy (non-hydrogen) atoms. The summed E-state index contributed by atoms with van der Waals surface area (Å²) in [5.41, 5.74) is -1.88. The van der Waals surface area contributed by atoms with Crippen LogP contribution in [0, 0.1) is 0 Å². The number of hydrogen-bond acceptors (Lipinski definition) is 7. The van der Waals surface area contributed by atoms with Crippen LogP contribution in [0.4, 0.5) is 26.1 Å². The molecule has 3 heterocycles. The third-order valence-electron chi connectivity index (χ3n) is 5.08. The zero-order valence-corrected chi connectivity index (χ0v) is 18.2. The number of anilines is 3. The summed E-state index contributed by atoms with van der Waals surface area (Å²) in [5, 5.41) is 22.5. The fraction of sp³-hybridized carbons (Fsp3) is 0.286. The molecule has 1 aliphatic heterocycles. The Hall–Kier alpha value is -3.44. The van der Waals surface area contributed by atoms with Crippen molar-refractivity contribution in [1.82, 2.24) is 15.2 Å². The lowest BCUT2D eigenvalue weighted by atomic mass is 10.1. The van der Waals surface area contributed by atoms with Crippen LogP contribution in [0.2, 0.25) is 0 Å². The standard InChI is InChI=1S/C21H21ClF2N6O3/c1-25-18-16(20(32)27-12-2-4-14(5-3-12)33-21(22,23)24)10-15(17-6-8-26-29-17)19(28-18)30-9-7-13(31)11-30/h2-6,8,10,13,31H,7,9,11H2,1H3,(H,25,28)(H,26,29)(H,27,32)/t13-/m0/s1. The number of β-amino-alcohol motifs (C(OH)–C–C–N with tert-alkyl or cyclic N) is 1. The highest BCUT2D eigenvalue weighted by molar-refractivity contribution is 6.20. The van der Waals surface area contributed by atoms with Gasteiger partial charge in [0.2, 0.25) is 0 Å². The predicted octanol–water partition coefficient (Wildman–Crippen LogP) is 3.50. The quantitative estimate of drug-likeness (QED) is 0.384. The van der Waals surface area contributed by atoms with Crippen LogP contribution in [0.3, 0.4) is 0 Å². The van der Waals surface area contributed by atoms with Gasteiger partial charge in [-0.1, -0.05) is 0 Å². The number of rotatable bonds is 7. The van der Waals surface area contributed by atoms with Crippen LogP contribution in [-0.2, 0) is 0 Å². The maximum Gasteiger partial charge on any atom is 0.487 e. The minimum Gasteiger partial charge on any atom is -0.420 e.